The monoisotopic (exact) mass is 274 g/mol. The highest BCUT2D eigenvalue weighted by atomic mass is 19.4. The van der Waals surface area contributed by atoms with Crippen LogP contribution in [0.15, 0.2) is 18.2 Å². The maximum atomic E-state index is 12.7. The molecule has 0 radical (unpaired) electrons. The summed E-state index contributed by atoms with van der Waals surface area (Å²) in [5.74, 6) is 0.503. The van der Waals surface area contributed by atoms with Crippen molar-refractivity contribution in [2.75, 3.05) is 30.8 Å². The summed E-state index contributed by atoms with van der Waals surface area (Å²) in [7, 11) is 0. The number of nitrogens with one attached hydrogen (secondary N) is 1. The van der Waals surface area contributed by atoms with Gasteiger partial charge in [-0.3, -0.25) is 0 Å². The normalized spacial score (nSPS) is 19.6. The lowest BCUT2D eigenvalue weighted by Crippen LogP contribution is -2.12. The maximum absolute atomic E-state index is 12.7. The first kappa shape index (κ1) is 14.0. The molecule has 3 N–H and O–H groups in total. The molecule has 19 heavy (non-hydrogen) atoms. The van der Waals surface area contributed by atoms with E-state index in [1.165, 1.54) is 6.07 Å². The van der Waals surface area contributed by atoms with Crippen LogP contribution in [0.25, 0.3) is 0 Å². The number of alkyl halides is 3. The number of hydrogen-bond donors (Lipinski definition) is 2. The summed E-state index contributed by atoms with van der Waals surface area (Å²) < 4.78 is 43.3. The third-order valence-electron chi connectivity index (χ3n) is 3.26. The van der Waals surface area contributed by atoms with Gasteiger partial charge in [-0.05, 0) is 37.0 Å². The van der Waals surface area contributed by atoms with E-state index in [0.29, 0.717) is 18.2 Å². The first-order valence-electron chi connectivity index (χ1n) is 6.25. The molecule has 2 rings (SSSR count). The first-order valence-corrected chi connectivity index (χ1v) is 6.25. The van der Waals surface area contributed by atoms with Crippen molar-refractivity contribution < 1.29 is 17.9 Å². The van der Waals surface area contributed by atoms with Gasteiger partial charge in [-0.25, -0.2) is 0 Å². The van der Waals surface area contributed by atoms with E-state index in [4.69, 9.17) is 10.5 Å². The highest BCUT2D eigenvalue weighted by Crippen LogP contribution is 2.35. The van der Waals surface area contributed by atoms with Crippen LogP contribution in [0.3, 0.4) is 0 Å². The maximum Gasteiger partial charge on any atom is 0.418 e. The van der Waals surface area contributed by atoms with E-state index in [-0.39, 0.29) is 5.69 Å². The minimum absolute atomic E-state index is 0.248. The van der Waals surface area contributed by atoms with E-state index in [0.717, 1.165) is 32.1 Å². The lowest BCUT2D eigenvalue weighted by molar-refractivity contribution is -0.136. The fourth-order valence-corrected chi connectivity index (χ4v) is 2.14. The van der Waals surface area contributed by atoms with Gasteiger partial charge in [-0.1, -0.05) is 0 Å². The molecule has 0 saturated carbocycles. The topological polar surface area (TPSA) is 47.3 Å². The number of nitrogen functional groups attached to an aromatic ring is 1. The zero-order valence-electron chi connectivity index (χ0n) is 10.5. The highest BCUT2D eigenvalue weighted by Gasteiger charge is 2.33. The Morgan fingerprint density at radius 1 is 1.37 bits per heavy atom. The molecule has 1 aliphatic heterocycles. The summed E-state index contributed by atoms with van der Waals surface area (Å²) in [6, 6.07) is 3.90. The lowest BCUT2D eigenvalue weighted by atomic mass is 10.1. The second kappa shape index (κ2) is 5.69. The van der Waals surface area contributed by atoms with Crippen LogP contribution in [0.5, 0.6) is 0 Å². The molecule has 3 nitrogen and oxygen atoms in total. The van der Waals surface area contributed by atoms with Crippen LogP contribution in [-0.2, 0) is 10.9 Å². The third-order valence-corrected chi connectivity index (χ3v) is 3.26. The minimum Gasteiger partial charge on any atom is -0.398 e. The largest absolute Gasteiger partial charge is 0.418 e. The quantitative estimate of drug-likeness (QED) is 0.829. The molecule has 1 aromatic carbocycles. The molecule has 1 aliphatic rings. The molecule has 0 aliphatic carbocycles. The number of anilines is 2. The highest BCUT2D eigenvalue weighted by molar-refractivity contribution is 5.58. The van der Waals surface area contributed by atoms with Crippen LogP contribution >= 0.6 is 0 Å². The van der Waals surface area contributed by atoms with Gasteiger partial charge in [-0.2, -0.15) is 13.2 Å². The van der Waals surface area contributed by atoms with E-state index in [1.54, 1.807) is 6.07 Å². The summed E-state index contributed by atoms with van der Waals surface area (Å²) in [5.41, 5.74) is 4.75. The van der Waals surface area contributed by atoms with Gasteiger partial charge < -0.3 is 15.8 Å². The molecule has 1 fully saturated rings. The summed E-state index contributed by atoms with van der Waals surface area (Å²) in [6.45, 7) is 2.16. The number of ether oxygens (including phenoxy) is 1. The van der Waals surface area contributed by atoms with Gasteiger partial charge in [-0.15, -0.1) is 0 Å². The van der Waals surface area contributed by atoms with E-state index in [9.17, 15) is 13.2 Å². The molecule has 0 spiro atoms. The summed E-state index contributed by atoms with van der Waals surface area (Å²) in [4.78, 5) is 0. The van der Waals surface area contributed by atoms with Crippen molar-refractivity contribution in [2.24, 2.45) is 5.92 Å². The van der Waals surface area contributed by atoms with Crippen molar-refractivity contribution in [3.05, 3.63) is 23.8 Å². The van der Waals surface area contributed by atoms with Crippen molar-refractivity contribution in [3.8, 4) is 0 Å². The van der Waals surface area contributed by atoms with Crippen molar-refractivity contribution in [1.29, 1.82) is 0 Å². The van der Waals surface area contributed by atoms with E-state index in [2.05, 4.69) is 5.32 Å². The van der Waals surface area contributed by atoms with Gasteiger partial charge in [0.05, 0.1) is 5.56 Å². The Labute approximate surface area is 109 Å². The van der Waals surface area contributed by atoms with Gasteiger partial charge in [0.15, 0.2) is 0 Å². The van der Waals surface area contributed by atoms with Gasteiger partial charge >= 0.3 is 6.18 Å². The standard InChI is InChI=1S/C13H17F3N2O/c14-13(15,16)11-7-10(1-2-12(11)17)18-5-3-9-4-6-19-8-9/h1-2,7,9,18H,3-6,8,17H2. The summed E-state index contributed by atoms with van der Waals surface area (Å²) >= 11 is 0. The third kappa shape index (κ3) is 3.76. The Kier molecular flexibility index (Phi) is 4.19. The average Bonchev–Trinajstić information content (AvgIpc) is 2.83. The van der Waals surface area contributed by atoms with Crippen LogP contribution in [0.4, 0.5) is 24.5 Å². The van der Waals surface area contributed by atoms with Gasteiger partial charge in [0.1, 0.15) is 0 Å². The molecule has 0 amide bonds. The number of halogens is 3. The van der Waals surface area contributed by atoms with Gasteiger partial charge in [0.25, 0.3) is 0 Å². The average molecular weight is 274 g/mol. The van der Waals surface area contributed by atoms with E-state index >= 15 is 0 Å². The number of nitrogens with two attached hydrogens (primary N) is 1. The Hall–Kier alpha value is -1.43. The Bertz CT molecular complexity index is 428. The molecule has 1 saturated heterocycles. The molecule has 1 aromatic rings. The van der Waals surface area contributed by atoms with Crippen LogP contribution in [0.2, 0.25) is 0 Å². The Morgan fingerprint density at radius 3 is 2.79 bits per heavy atom. The zero-order chi connectivity index (χ0) is 13.9. The van der Waals surface area contributed by atoms with Crippen molar-refractivity contribution in [1.82, 2.24) is 0 Å². The van der Waals surface area contributed by atoms with Gasteiger partial charge in [0, 0.05) is 31.1 Å². The Balaban J connectivity index is 1.93. The zero-order valence-corrected chi connectivity index (χ0v) is 10.5. The van der Waals surface area contributed by atoms with Crippen molar-refractivity contribution >= 4 is 11.4 Å². The summed E-state index contributed by atoms with van der Waals surface area (Å²) in [5, 5.41) is 3.00. The fraction of sp³-hybridized carbons (Fsp3) is 0.538. The smallest absolute Gasteiger partial charge is 0.398 e. The number of rotatable bonds is 4. The van der Waals surface area contributed by atoms with Crippen molar-refractivity contribution in [3.63, 3.8) is 0 Å². The fourth-order valence-electron chi connectivity index (χ4n) is 2.14. The molecule has 1 heterocycles. The Morgan fingerprint density at radius 2 is 2.16 bits per heavy atom. The molecule has 106 valence electrons. The molecule has 6 heteroatoms. The predicted molar refractivity (Wildman–Crippen MR) is 67.9 cm³/mol. The number of benzene rings is 1. The molecular formula is C13H17F3N2O. The molecular weight excluding hydrogens is 257 g/mol. The predicted octanol–water partition coefficient (Wildman–Crippen LogP) is 3.13. The number of hydrogen-bond acceptors (Lipinski definition) is 3. The molecule has 1 unspecified atom stereocenters. The lowest BCUT2D eigenvalue weighted by Gasteiger charge is -2.14. The summed E-state index contributed by atoms with van der Waals surface area (Å²) in [6.07, 6.45) is -2.50. The second-order valence-electron chi connectivity index (χ2n) is 4.74. The van der Waals surface area contributed by atoms with E-state index in [1.807, 2.05) is 0 Å². The van der Waals surface area contributed by atoms with Crippen LogP contribution < -0.4 is 11.1 Å². The van der Waals surface area contributed by atoms with E-state index < -0.39 is 11.7 Å². The van der Waals surface area contributed by atoms with Gasteiger partial charge in [0.2, 0.25) is 0 Å². The molecule has 1 atom stereocenters. The molecule has 0 aromatic heterocycles. The second-order valence-corrected chi connectivity index (χ2v) is 4.74. The first-order chi connectivity index (χ1) is 8.97. The van der Waals surface area contributed by atoms with Crippen LogP contribution in [0, 0.1) is 5.92 Å². The SMILES string of the molecule is Nc1ccc(NCCC2CCOC2)cc1C(F)(F)F. The molecule has 0 bridgehead atoms. The van der Waals surface area contributed by atoms with Crippen LogP contribution in [-0.4, -0.2) is 19.8 Å². The van der Waals surface area contributed by atoms with Crippen molar-refractivity contribution in [2.45, 2.75) is 19.0 Å². The van der Waals surface area contributed by atoms with Crippen LogP contribution in [0.1, 0.15) is 18.4 Å². The minimum atomic E-state index is -4.42.